The van der Waals surface area contributed by atoms with Crippen molar-refractivity contribution >= 4 is 27.6 Å². The van der Waals surface area contributed by atoms with E-state index in [0.29, 0.717) is 0 Å². The third kappa shape index (κ3) is 9.26. The predicted molar refractivity (Wildman–Crippen MR) is 26.9 cm³/mol. The van der Waals surface area contributed by atoms with E-state index in [1.165, 1.54) is 10.2 Å². The van der Waals surface area contributed by atoms with E-state index < -0.39 is 0 Å². The summed E-state index contributed by atoms with van der Waals surface area (Å²) < 4.78 is 0. The molecular formula is CH10AlNaSi. The number of rotatable bonds is 0. The molecule has 0 heterocycles. The molecule has 0 N–H and O–H groups in total. The Bertz CT molecular complexity index is 11.6. The summed E-state index contributed by atoms with van der Waals surface area (Å²) in [5, 5.41) is 0. The summed E-state index contributed by atoms with van der Waals surface area (Å²) in [4.78, 5) is 0. The van der Waals surface area contributed by atoms with Crippen LogP contribution in [-0.4, -0.2) is 27.6 Å². The zero-order valence-electron chi connectivity index (χ0n) is 4.00. The van der Waals surface area contributed by atoms with Crippen molar-refractivity contribution in [3.05, 3.63) is 0 Å². The second kappa shape index (κ2) is 21.8. The first-order chi connectivity index (χ1) is 1.00. The molecule has 0 aromatic rings. The van der Waals surface area contributed by atoms with Crippen LogP contribution < -0.4 is 29.6 Å². The average molecular weight is 100 g/mol. The second-order valence-electron chi connectivity index (χ2n) is 0. The molecule has 0 radical (unpaired) electrons. The molecule has 4 heavy (non-hydrogen) atoms. The molecule has 0 bridgehead atoms. The van der Waals surface area contributed by atoms with E-state index in [9.17, 15) is 0 Å². The van der Waals surface area contributed by atoms with Gasteiger partial charge in [-0.15, -0.1) is 0 Å². The summed E-state index contributed by atoms with van der Waals surface area (Å²) in [7, 11) is 1.31. The van der Waals surface area contributed by atoms with Gasteiger partial charge in [-0.25, -0.2) is 0 Å². The van der Waals surface area contributed by atoms with Crippen molar-refractivity contribution in [2.45, 2.75) is 6.55 Å². The maximum Gasteiger partial charge on any atom is 1.00 e. The van der Waals surface area contributed by atoms with Gasteiger partial charge in [0.05, 0.1) is 0 Å². The number of hydrogen-bond acceptors (Lipinski definition) is 0. The van der Waals surface area contributed by atoms with E-state index in [4.69, 9.17) is 0 Å². The smallest absolute Gasteiger partial charge is 1.00 e. The van der Waals surface area contributed by atoms with E-state index in [-0.39, 0.29) is 48.3 Å². The summed E-state index contributed by atoms with van der Waals surface area (Å²) in [6.45, 7) is 2.14. The molecule has 0 aliphatic carbocycles. The molecule has 0 aliphatic heterocycles. The fourth-order valence-corrected chi connectivity index (χ4v) is 0. The Labute approximate surface area is 64.7 Å². The van der Waals surface area contributed by atoms with Crippen LogP contribution in [0.5, 0.6) is 0 Å². The maximum atomic E-state index is 2.14. The Morgan fingerprint density at radius 1 is 1.50 bits per heavy atom. The van der Waals surface area contributed by atoms with Gasteiger partial charge in [-0.2, -0.15) is 0 Å². The van der Waals surface area contributed by atoms with E-state index in [1.54, 1.807) is 0 Å². The molecule has 0 atom stereocenters. The van der Waals surface area contributed by atoms with Gasteiger partial charge >= 0.3 is 29.6 Å². The summed E-state index contributed by atoms with van der Waals surface area (Å²) in [6.07, 6.45) is 0. The Kier molecular flexibility index (Phi) is 93.6. The van der Waals surface area contributed by atoms with Crippen LogP contribution in [0.3, 0.4) is 0 Å². The van der Waals surface area contributed by atoms with Crippen molar-refractivity contribution in [3.8, 4) is 0 Å². The van der Waals surface area contributed by atoms with Crippen LogP contribution in [0.4, 0.5) is 0 Å². The molecule has 0 aliphatic rings. The SMILES string of the molecule is C[SiH3].[AlH3].[H-].[Na+]. The van der Waals surface area contributed by atoms with Crippen molar-refractivity contribution in [3.63, 3.8) is 0 Å². The van der Waals surface area contributed by atoms with E-state index in [2.05, 4.69) is 6.55 Å². The van der Waals surface area contributed by atoms with Crippen molar-refractivity contribution in [1.29, 1.82) is 0 Å². The van der Waals surface area contributed by atoms with Crippen molar-refractivity contribution in [2.24, 2.45) is 0 Å². The van der Waals surface area contributed by atoms with Crippen molar-refractivity contribution < 1.29 is 31.0 Å². The first-order valence-electron chi connectivity index (χ1n) is 1.00. The Morgan fingerprint density at radius 3 is 1.50 bits per heavy atom. The largest absolute Gasteiger partial charge is 1.00 e. The van der Waals surface area contributed by atoms with Crippen LogP contribution in [0.15, 0.2) is 0 Å². The van der Waals surface area contributed by atoms with Crippen molar-refractivity contribution in [2.75, 3.05) is 0 Å². The molecule has 0 rings (SSSR count). The maximum absolute atomic E-state index is 2.14. The van der Waals surface area contributed by atoms with Gasteiger partial charge in [-0.05, 0) is 10.2 Å². The zero-order valence-corrected chi connectivity index (χ0v) is 7.00. The Hall–Kier alpha value is 1.75. The molecule has 0 aromatic carbocycles. The zero-order chi connectivity index (χ0) is 2.00. The van der Waals surface area contributed by atoms with Gasteiger partial charge < -0.3 is 1.43 Å². The Balaban J connectivity index is -0.00000000167. The average Bonchev–Trinajstić information content (AvgIpc) is 1.00. The minimum Gasteiger partial charge on any atom is -1.00 e. The molecule has 0 saturated heterocycles. The fraction of sp³-hybridized carbons (Fsp3) is 1.00. The van der Waals surface area contributed by atoms with Gasteiger partial charge in [-0.1, -0.05) is 6.55 Å². The molecule has 0 spiro atoms. The van der Waals surface area contributed by atoms with E-state index >= 15 is 0 Å². The molecule has 3 heteroatoms. The van der Waals surface area contributed by atoms with Crippen molar-refractivity contribution in [1.82, 2.24) is 0 Å². The van der Waals surface area contributed by atoms with Gasteiger partial charge in [0.1, 0.15) is 0 Å². The molecular weight excluding hydrogens is 90.1 g/mol. The normalized spacial score (nSPS) is 2.25. The molecule has 0 saturated carbocycles. The van der Waals surface area contributed by atoms with Crippen LogP contribution in [-0.2, 0) is 0 Å². The van der Waals surface area contributed by atoms with Crippen LogP contribution in [0, 0.1) is 0 Å². The minimum absolute atomic E-state index is 0. The van der Waals surface area contributed by atoms with Crippen LogP contribution in [0.1, 0.15) is 1.43 Å². The van der Waals surface area contributed by atoms with E-state index in [0.717, 1.165) is 0 Å². The quantitative estimate of drug-likeness (QED) is 0.268. The topological polar surface area (TPSA) is 0 Å². The molecule has 0 unspecified atom stereocenters. The van der Waals surface area contributed by atoms with Crippen LogP contribution >= 0.6 is 0 Å². The third-order valence-corrected chi connectivity index (χ3v) is 0. The minimum atomic E-state index is 0. The van der Waals surface area contributed by atoms with E-state index in [1.807, 2.05) is 0 Å². The summed E-state index contributed by atoms with van der Waals surface area (Å²) in [6, 6.07) is 0. The summed E-state index contributed by atoms with van der Waals surface area (Å²) >= 11 is 0. The molecule has 22 valence electrons. The van der Waals surface area contributed by atoms with Gasteiger partial charge in [0.25, 0.3) is 0 Å². The van der Waals surface area contributed by atoms with Gasteiger partial charge in [0.2, 0.25) is 0 Å². The number of hydrogen-bond donors (Lipinski definition) is 0. The first-order valence-corrected chi connectivity index (χ1v) is 3.00. The Morgan fingerprint density at radius 2 is 1.50 bits per heavy atom. The predicted octanol–water partition coefficient (Wildman–Crippen LogP) is -4.67. The standard InChI is InChI=1S/CH6Si.Al.Na.4H/c1-2;;;;;;/h1-2H3;;;;;;/q;;+1;;;;-1. The van der Waals surface area contributed by atoms with Crippen LogP contribution in [0.25, 0.3) is 0 Å². The summed E-state index contributed by atoms with van der Waals surface area (Å²) in [5.74, 6) is 0. The van der Waals surface area contributed by atoms with Gasteiger partial charge in [0, 0.05) is 0 Å². The van der Waals surface area contributed by atoms with Crippen LogP contribution in [0.2, 0.25) is 6.55 Å². The third-order valence-electron chi connectivity index (χ3n) is 0. The summed E-state index contributed by atoms with van der Waals surface area (Å²) in [5.41, 5.74) is 0. The monoisotopic (exact) mass is 100 g/mol. The molecule has 0 amide bonds. The molecule has 0 aromatic heterocycles. The second-order valence-corrected chi connectivity index (χ2v) is 0. The molecule has 0 fully saturated rings. The van der Waals surface area contributed by atoms with Gasteiger partial charge in [0.15, 0.2) is 17.4 Å². The first kappa shape index (κ1) is 17.2. The van der Waals surface area contributed by atoms with Gasteiger partial charge in [-0.3, -0.25) is 0 Å². The molecule has 0 nitrogen and oxygen atoms in total. The fourth-order valence-electron chi connectivity index (χ4n) is 0.